The number of rotatable bonds is 6. The van der Waals surface area contributed by atoms with Crippen LogP contribution in [0.3, 0.4) is 0 Å². The molecule has 6 nitrogen and oxygen atoms in total. The molecule has 6 rings (SSSR count). The molecule has 3 aromatic rings. The summed E-state index contributed by atoms with van der Waals surface area (Å²) in [4.78, 5) is 26.5. The first-order valence-corrected chi connectivity index (χ1v) is 11.3. The summed E-state index contributed by atoms with van der Waals surface area (Å²) in [6.07, 6.45) is 1.77. The van der Waals surface area contributed by atoms with Gasteiger partial charge in [0.1, 0.15) is 12.8 Å². The summed E-state index contributed by atoms with van der Waals surface area (Å²) in [5.74, 6) is 0.423. The maximum atomic E-state index is 14.3. The molecule has 0 N–H and O–H groups in total. The fourth-order valence-electron chi connectivity index (χ4n) is 5.28. The smallest absolute Gasteiger partial charge is 0.417 e. The summed E-state index contributed by atoms with van der Waals surface area (Å²) in [7, 11) is 0. The van der Waals surface area contributed by atoms with Crippen molar-refractivity contribution in [3.05, 3.63) is 66.1 Å². The Kier molecular flexibility index (Phi) is 6.12. The van der Waals surface area contributed by atoms with E-state index < -0.39 is 30.6 Å². The molecular formula is C25H22F4N4O2. The minimum Gasteiger partial charge on any atom is -0.472 e. The van der Waals surface area contributed by atoms with E-state index in [0.29, 0.717) is 35.5 Å². The number of alkyl halides is 4. The highest BCUT2D eigenvalue weighted by molar-refractivity contribution is 5.93. The van der Waals surface area contributed by atoms with Gasteiger partial charge in [0.2, 0.25) is 5.88 Å². The number of halogens is 4. The van der Waals surface area contributed by atoms with Crippen LogP contribution in [0.25, 0.3) is 11.4 Å². The first-order chi connectivity index (χ1) is 16.9. The van der Waals surface area contributed by atoms with Crippen molar-refractivity contribution < 1.29 is 27.1 Å². The monoisotopic (exact) mass is 486 g/mol. The highest BCUT2D eigenvalue weighted by Crippen LogP contribution is 2.45. The van der Waals surface area contributed by atoms with E-state index in [1.54, 1.807) is 36.7 Å². The zero-order chi connectivity index (χ0) is 24.6. The van der Waals surface area contributed by atoms with Crippen molar-refractivity contribution in [2.24, 2.45) is 5.92 Å². The molecule has 0 spiro atoms. The summed E-state index contributed by atoms with van der Waals surface area (Å²) in [6, 6.07) is 8.37. The van der Waals surface area contributed by atoms with Gasteiger partial charge in [0, 0.05) is 41.5 Å². The molecule has 2 aliphatic heterocycles. The third-order valence-corrected chi connectivity index (χ3v) is 6.84. The molecule has 2 aromatic heterocycles. The van der Waals surface area contributed by atoms with Gasteiger partial charge in [0.25, 0.3) is 0 Å². The molecule has 1 aromatic carbocycles. The highest BCUT2D eigenvalue weighted by Gasteiger charge is 2.49. The number of carbonyl (C=O) groups is 1. The Hall–Kier alpha value is -3.56. The SMILES string of the molecule is O=Cc1c(-c2ncccn2)cccc1N1[C@H](CF)[C@@H]2CC[C@H]1[C@H](Oc1ccc(C(F)(F)F)cn1)C2. The molecule has 35 heavy (non-hydrogen) atoms. The van der Waals surface area contributed by atoms with Crippen LogP contribution in [-0.2, 0) is 6.18 Å². The van der Waals surface area contributed by atoms with Gasteiger partial charge >= 0.3 is 6.18 Å². The Balaban J connectivity index is 1.49. The molecule has 4 heterocycles. The summed E-state index contributed by atoms with van der Waals surface area (Å²) >= 11 is 0. The highest BCUT2D eigenvalue weighted by atomic mass is 19.4. The lowest BCUT2D eigenvalue weighted by atomic mass is 9.72. The number of nitrogens with zero attached hydrogens (tertiary/aromatic N) is 4. The van der Waals surface area contributed by atoms with Crippen LogP contribution in [0.1, 0.15) is 35.2 Å². The van der Waals surface area contributed by atoms with Crippen molar-refractivity contribution in [1.29, 1.82) is 0 Å². The molecule has 0 unspecified atom stereocenters. The van der Waals surface area contributed by atoms with Crippen LogP contribution in [0.4, 0.5) is 23.2 Å². The van der Waals surface area contributed by atoms with E-state index in [1.807, 2.05) is 4.90 Å². The van der Waals surface area contributed by atoms with E-state index >= 15 is 0 Å². The van der Waals surface area contributed by atoms with E-state index in [4.69, 9.17) is 4.74 Å². The molecule has 0 radical (unpaired) electrons. The molecule has 2 saturated heterocycles. The van der Waals surface area contributed by atoms with E-state index in [0.717, 1.165) is 25.0 Å². The third kappa shape index (κ3) is 4.33. The number of piperidine rings is 2. The van der Waals surface area contributed by atoms with Crippen molar-refractivity contribution in [3.8, 4) is 17.3 Å². The van der Waals surface area contributed by atoms with Crippen molar-refractivity contribution in [2.75, 3.05) is 11.6 Å². The zero-order valence-corrected chi connectivity index (χ0v) is 18.5. The van der Waals surface area contributed by atoms with E-state index in [-0.39, 0.29) is 17.8 Å². The van der Waals surface area contributed by atoms with Gasteiger partial charge in [0.15, 0.2) is 12.1 Å². The van der Waals surface area contributed by atoms with Gasteiger partial charge in [-0.15, -0.1) is 0 Å². The average Bonchev–Trinajstić information content (AvgIpc) is 2.88. The Labute approximate surface area is 199 Å². The molecule has 2 bridgehead atoms. The number of aldehydes is 1. The van der Waals surface area contributed by atoms with Crippen LogP contribution in [-0.4, -0.2) is 46.1 Å². The first kappa shape index (κ1) is 23.2. The van der Waals surface area contributed by atoms with Crippen molar-refractivity contribution >= 4 is 12.0 Å². The molecule has 10 heteroatoms. The van der Waals surface area contributed by atoms with Crippen molar-refractivity contribution in [2.45, 2.75) is 43.6 Å². The van der Waals surface area contributed by atoms with Gasteiger partial charge in [-0.3, -0.25) is 4.79 Å². The first-order valence-electron chi connectivity index (χ1n) is 11.3. The van der Waals surface area contributed by atoms with Gasteiger partial charge in [-0.05, 0) is 43.4 Å². The Morgan fingerprint density at radius 1 is 1.06 bits per heavy atom. The molecule has 3 aliphatic rings. The normalized spacial score (nSPS) is 23.8. The number of hydrogen-bond donors (Lipinski definition) is 0. The van der Waals surface area contributed by atoms with E-state index in [1.165, 1.54) is 6.07 Å². The zero-order valence-electron chi connectivity index (χ0n) is 18.5. The van der Waals surface area contributed by atoms with Crippen LogP contribution in [0.2, 0.25) is 0 Å². The predicted molar refractivity (Wildman–Crippen MR) is 120 cm³/mol. The van der Waals surface area contributed by atoms with Gasteiger partial charge in [-0.2, -0.15) is 13.2 Å². The average molecular weight is 486 g/mol. The second-order valence-electron chi connectivity index (χ2n) is 8.74. The number of anilines is 1. The standard InChI is InChI=1S/C25H22F4N4O2/c26-12-21-15-5-7-20(22(11-15)35-23-8-6-16(13-32-23)25(27,28)29)33(21)19-4-1-3-17(18(19)14-34)24-30-9-2-10-31-24/h1-4,6,8-10,13-15,20-22H,5,7,11-12H2/t15-,20+,21-,22-/m1/s1. The van der Waals surface area contributed by atoms with Crippen LogP contribution in [0.15, 0.2) is 55.0 Å². The molecular weight excluding hydrogens is 464 g/mol. The summed E-state index contributed by atoms with van der Waals surface area (Å²) in [5, 5.41) is 0. The number of benzene rings is 1. The third-order valence-electron chi connectivity index (χ3n) is 6.84. The lowest BCUT2D eigenvalue weighted by Crippen LogP contribution is -2.63. The van der Waals surface area contributed by atoms with Crippen molar-refractivity contribution in [3.63, 3.8) is 0 Å². The topological polar surface area (TPSA) is 68.2 Å². The summed E-state index contributed by atoms with van der Waals surface area (Å²) < 4.78 is 59.0. The van der Waals surface area contributed by atoms with Crippen LogP contribution in [0, 0.1) is 5.92 Å². The van der Waals surface area contributed by atoms with Crippen LogP contribution < -0.4 is 9.64 Å². The molecule has 182 valence electrons. The Morgan fingerprint density at radius 2 is 1.86 bits per heavy atom. The molecule has 4 atom stereocenters. The number of carbonyl (C=O) groups excluding carboxylic acids is 1. The van der Waals surface area contributed by atoms with E-state index in [9.17, 15) is 22.4 Å². The van der Waals surface area contributed by atoms with Gasteiger partial charge in [0.05, 0.1) is 17.6 Å². The summed E-state index contributed by atoms with van der Waals surface area (Å²) in [6.45, 7) is -0.600. The van der Waals surface area contributed by atoms with Gasteiger partial charge in [-0.1, -0.05) is 12.1 Å². The lowest BCUT2D eigenvalue weighted by Gasteiger charge is -2.55. The van der Waals surface area contributed by atoms with Crippen molar-refractivity contribution in [1.82, 2.24) is 15.0 Å². The summed E-state index contributed by atoms with van der Waals surface area (Å²) in [5.41, 5.74) is 0.607. The minimum absolute atomic E-state index is 0.0411. The lowest BCUT2D eigenvalue weighted by molar-refractivity contribution is -0.137. The maximum Gasteiger partial charge on any atom is 0.417 e. The van der Waals surface area contributed by atoms with Gasteiger partial charge < -0.3 is 9.64 Å². The fourth-order valence-corrected chi connectivity index (χ4v) is 5.28. The minimum atomic E-state index is -4.49. The van der Waals surface area contributed by atoms with Crippen LogP contribution in [0.5, 0.6) is 5.88 Å². The number of hydrogen-bond acceptors (Lipinski definition) is 6. The quantitative estimate of drug-likeness (QED) is 0.355. The number of fused-ring (bicyclic) bond motifs is 3. The Bertz CT molecular complexity index is 1190. The van der Waals surface area contributed by atoms with E-state index in [2.05, 4.69) is 15.0 Å². The largest absolute Gasteiger partial charge is 0.472 e. The molecule has 1 aliphatic carbocycles. The van der Waals surface area contributed by atoms with Crippen LogP contribution >= 0.6 is 0 Å². The molecule has 0 amide bonds. The predicted octanol–water partition coefficient (Wildman–Crippen LogP) is 5.14. The molecule has 3 fully saturated rings. The maximum absolute atomic E-state index is 14.3. The number of ether oxygens (including phenoxy) is 1. The number of aromatic nitrogens is 3. The molecule has 1 saturated carbocycles. The second-order valence-corrected chi connectivity index (χ2v) is 8.74. The fraction of sp³-hybridized carbons (Fsp3) is 0.360. The Morgan fingerprint density at radius 3 is 2.51 bits per heavy atom. The van der Waals surface area contributed by atoms with Gasteiger partial charge in [-0.25, -0.2) is 19.3 Å². The number of pyridine rings is 1. The second kappa shape index (κ2) is 9.24.